The second-order valence-corrected chi connectivity index (χ2v) is 7.57. The molecular weight excluding hydrogens is 550 g/mol. The third kappa shape index (κ3) is 15.1. The Morgan fingerprint density at radius 3 is 1.47 bits per heavy atom. The first-order valence-corrected chi connectivity index (χ1v) is 9.91. The molecular formula is C22H25Br2NO7. The lowest BCUT2D eigenvalue weighted by Crippen LogP contribution is -2.25. The molecule has 2 aromatic carbocycles. The Bertz CT molecular complexity index is 897. The summed E-state index contributed by atoms with van der Waals surface area (Å²) in [5, 5.41) is 1.20. The van der Waals surface area contributed by atoms with Gasteiger partial charge >= 0.3 is 12.3 Å². The van der Waals surface area contributed by atoms with E-state index in [1.165, 1.54) is 12.2 Å². The third-order valence-electron chi connectivity index (χ3n) is 3.30. The lowest BCUT2D eigenvalue weighted by molar-refractivity contribution is -0.193. The molecule has 10 heteroatoms. The molecule has 0 fully saturated rings. The molecule has 0 aliphatic heterocycles. The average molecular weight is 575 g/mol. The minimum Gasteiger partial charge on any atom is -0.295 e. The van der Waals surface area contributed by atoms with Crippen LogP contribution in [0.1, 0.15) is 46.2 Å². The number of nitrogens with zero attached hydrogens (tertiary/aromatic N) is 1. The van der Waals surface area contributed by atoms with Gasteiger partial charge in [0, 0.05) is 27.1 Å². The van der Waals surface area contributed by atoms with Gasteiger partial charge in [-0.15, -0.1) is 0 Å². The van der Waals surface area contributed by atoms with E-state index in [0.29, 0.717) is 5.56 Å². The number of ketones is 1. The second-order valence-electron chi connectivity index (χ2n) is 5.74. The van der Waals surface area contributed by atoms with Crippen LogP contribution in [0.5, 0.6) is 0 Å². The minimum absolute atomic E-state index is 0. The van der Waals surface area contributed by atoms with Crippen molar-refractivity contribution in [1.82, 2.24) is 5.06 Å². The van der Waals surface area contributed by atoms with Crippen molar-refractivity contribution >= 4 is 55.9 Å². The number of hydrogen-bond acceptors (Lipinski definition) is 7. The van der Waals surface area contributed by atoms with Crippen LogP contribution in [0.25, 0.3) is 0 Å². The van der Waals surface area contributed by atoms with E-state index in [2.05, 4.69) is 31.9 Å². The highest BCUT2D eigenvalue weighted by molar-refractivity contribution is 9.10. The lowest BCUT2D eigenvalue weighted by Gasteiger charge is -2.13. The molecule has 0 atom stereocenters. The zero-order valence-corrected chi connectivity index (χ0v) is 20.7. The fraction of sp³-hybridized carbons (Fsp3) is 0.273. The van der Waals surface area contributed by atoms with Gasteiger partial charge in [-0.25, -0.2) is 5.06 Å². The van der Waals surface area contributed by atoms with Gasteiger partial charge in [-0.3, -0.25) is 14.4 Å². The van der Waals surface area contributed by atoms with Crippen molar-refractivity contribution in [2.24, 2.45) is 0 Å². The summed E-state index contributed by atoms with van der Waals surface area (Å²) >= 11 is 6.67. The first kappa shape index (κ1) is 33.9. The summed E-state index contributed by atoms with van der Waals surface area (Å²) < 4.78 is 1.85. The number of Topliss-reactive ketones (excluding diaryl/α,β-unsaturated/α-hetero) is 1. The Morgan fingerprint density at radius 1 is 0.812 bits per heavy atom. The molecule has 0 unspecified atom stereocenters. The molecule has 0 radical (unpaired) electrons. The van der Waals surface area contributed by atoms with E-state index >= 15 is 0 Å². The molecule has 0 N–H and O–H groups in total. The molecule has 0 spiro atoms. The molecule has 2 aromatic rings. The van der Waals surface area contributed by atoms with Gasteiger partial charge in [0.25, 0.3) is 5.91 Å². The van der Waals surface area contributed by atoms with Crippen LogP contribution < -0.4 is 0 Å². The van der Waals surface area contributed by atoms with E-state index in [1.54, 1.807) is 20.0 Å². The van der Waals surface area contributed by atoms with E-state index in [9.17, 15) is 9.59 Å². The summed E-state index contributed by atoms with van der Waals surface area (Å²) in [5.41, 5.74) is 3.51. The summed E-state index contributed by atoms with van der Waals surface area (Å²) in [7, 11) is 3.04. The number of benzene rings is 2. The molecule has 1 amide bonds. The van der Waals surface area contributed by atoms with Crippen molar-refractivity contribution in [3.8, 4) is 0 Å². The van der Waals surface area contributed by atoms with Crippen molar-refractivity contribution < 1.29 is 33.6 Å². The second kappa shape index (κ2) is 19.0. The Balaban J connectivity index is -0.000000417. The zero-order valence-electron chi connectivity index (χ0n) is 17.5. The van der Waals surface area contributed by atoms with Gasteiger partial charge < -0.3 is 0 Å². The van der Waals surface area contributed by atoms with Crippen LogP contribution >= 0.6 is 31.9 Å². The van der Waals surface area contributed by atoms with Gasteiger partial charge in [0.15, 0.2) is 5.78 Å². The maximum absolute atomic E-state index is 11.7. The third-order valence-corrected chi connectivity index (χ3v) is 4.21. The SMILES string of the molecule is C.CC(=O)c1cc(C)cc(Br)c1.CON(C)C(=O)c1cc(C)cc(Br)c1.O=C=O.O=C=O. The quantitative estimate of drug-likeness (QED) is 0.381. The highest BCUT2D eigenvalue weighted by Gasteiger charge is 2.11. The smallest absolute Gasteiger partial charge is 0.295 e. The molecule has 0 saturated heterocycles. The predicted octanol–water partition coefficient (Wildman–Crippen LogP) is 4.82. The monoisotopic (exact) mass is 573 g/mol. The Kier molecular flexibility index (Phi) is 20.1. The van der Waals surface area contributed by atoms with Gasteiger partial charge in [0.2, 0.25) is 0 Å². The highest BCUT2D eigenvalue weighted by Crippen LogP contribution is 2.16. The number of amides is 1. The molecule has 2 rings (SSSR count). The number of carbonyl (C=O) groups is 2. The summed E-state index contributed by atoms with van der Waals surface area (Å²) in [6.45, 7) is 5.48. The maximum Gasteiger partial charge on any atom is 0.373 e. The number of rotatable bonds is 3. The van der Waals surface area contributed by atoms with Gasteiger partial charge in [-0.1, -0.05) is 39.3 Å². The van der Waals surface area contributed by atoms with E-state index in [0.717, 1.165) is 25.6 Å². The van der Waals surface area contributed by atoms with Gasteiger partial charge in [0.1, 0.15) is 0 Å². The Morgan fingerprint density at radius 2 is 1.16 bits per heavy atom. The predicted molar refractivity (Wildman–Crippen MR) is 124 cm³/mol. The first-order valence-electron chi connectivity index (χ1n) is 8.33. The molecule has 0 heterocycles. The molecule has 8 nitrogen and oxygen atoms in total. The van der Waals surface area contributed by atoms with E-state index < -0.39 is 0 Å². The molecule has 0 aliphatic carbocycles. The van der Waals surface area contributed by atoms with Crippen LogP contribution in [0.3, 0.4) is 0 Å². The number of aryl methyl sites for hydroxylation is 2. The normalized spacial score (nSPS) is 8.22. The maximum atomic E-state index is 11.7. The number of hydroxylamine groups is 2. The molecule has 0 bridgehead atoms. The van der Waals surface area contributed by atoms with Crippen molar-refractivity contribution in [3.63, 3.8) is 0 Å². The summed E-state index contributed by atoms with van der Waals surface area (Å²) in [6.07, 6.45) is 0.500. The average Bonchev–Trinajstić information content (AvgIpc) is 2.67. The largest absolute Gasteiger partial charge is 0.373 e. The highest BCUT2D eigenvalue weighted by atomic mass is 79.9. The van der Waals surface area contributed by atoms with Crippen molar-refractivity contribution in [1.29, 1.82) is 0 Å². The number of halogens is 2. The molecule has 0 aromatic heterocycles. The Hall–Kier alpha value is -2.74. The van der Waals surface area contributed by atoms with Crippen LogP contribution in [0.4, 0.5) is 0 Å². The number of carbonyl (C=O) groups excluding carboxylic acids is 6. The Labute approximate surface area is 204 Å². The van der Waals surface area contributed by atoms with Crippen LogP contribution in [0.2, 0.25) is 0 Å². The minimum atomic E-state index is -0.156. The number of hydrogen-bond donors (Lipinski definition) is 0. The van der Waals surface area contributed by atoms with Gasteiger partial charge in [-0.05, 0) is 68.3 Å². The summed E-state index contributed by atoms with van der Waals surface area (Å²) in [6, 6.07) is 11.2. The lowest BCUT2D eigenvalue weighted by atomic mass is 10.1. The molecule has 0 saturated carbocycles. The van der Waals surface area contributed by atoms with Crippen LogP contribution in [-0.4, -0.2) is 43.2 Å². The van der Waals surface area contributed by atoms with Crippen LogP contribution in [0, 0.1) is 13.8 Å². The fourth-order valence-corrected chi connectivity index (χ4v) is 3.28. The summed E-state index contributed by atoms with van der Waals surface area (Å²) in [5.74, 6) is -0.0497. The summed E-state index contributed by atoms with van der Waals surface area (Å²) in [4.78, 5) is 59.9. The van der Waals surface area contributed by atoms with Crippen molar-refractivity contribution in [2.45, 2.75) is 28.2 Å². The van der Waals surface area contributed by atoms with E-state index in [-0.39, 0.29) is 31.4 Å². The molecule has 0 aliphatic rings. The van der Waals surface area contributed by atoms with Gasteiger partial charge in [0.05, 0.1) is 7.11 Å². The topological polar surface area (TPSA) is 115 Å². The standard InChI is InChI=1S/C10H12BrNO2.C9H9BrO.2CO2.CH4/c1-7-4-8(6-9(11)5-7)10(13)12(2)14-3;1-6-3-8(7(2)11)5-9(10)4-6;2*2-1-3;/h4-6H,1-3H3;3-5H,1-2H3;;;1H4. The van der Waals surface area contributed by atoms with Crippen LogP contribution in [0.15, 0.2) is 45.3 Å². The van der Waals surface area contributed by atoms with E-state index in [4.69, 9.17) is 24.0 Å². The first-order chi connectivity index (χ1) is 14.5. The molecule has 32 heavy (non-hydrogen) atoms. The zero-order chi connectivity index (χ0) is 24.6. The fourth-order valence-electron chi connectivity index (χ4n) is 2.06. The molecule has 174 valence electrons. The van der Waals surface area contributed by atoms with Crippen molar-refractivity contribution in [2.75, 3.05) is 14.2 Å². The van der Waals surface area contributed by atoms with Crippen molar-refractivity contribution in [3.05, 3.63) is 67.6 Å². The van der Waals surface area contributed by atoms with Crippen LogP contribution in [-0.2, 0) is 24.0 Å². The van der Waals surface area contributed by atoms with Gasteiger partial charge in [-0.2, -0.15) is 19.2 Å². The van der Waals surface area contributed by atoms with E-state index in [1.807, 2.05) is 44.2 Å².